The number of halogens is 1. The SMILES string of the molecule is CCCCN(CCCl)C(=O)c1ccc2ccccc2c1O. The Bertz CT molecular complexity index is 627. The summed E-state index contributed by atoms with van der Waals surface area (Å²) in [5.74, 6) is 0.283. The molecule has 0 saturated carbocycles. The number of aromatic hydroxyl groups is 1. The fourth-order valence-corrected chi connectivity index (χ4v) is 2.57. The second-order valence-corrected chi connectivity index (χ2v) is 5.40. The van der Waals surface area contributed by atoms with Crippen molar-refractivity contribution in [3.8, 4) is 5.75 Å². The lowest BCUT2D eigenvalue weighted by Crippen LogP contribution is -2.33. The van der Waals surface area contributed by atoms with Crippen LogP contribution in [0.15, 0.2) is 36.4 Å². The van der Waals surface area contributed by atoms with Crippen molar-refractivity contribution < 1.29 is 9.90 Å². The van der Waals surface area contributed by atoms with Crippen LogP contribution in [0.25, 0.3) is 10.8 Å². The maximum Gasteiger partial charge on any atom is 0.257 e. The molecule has 0 spiro atoms. The van der Waals surface area contributed by atoms with Gasteiger partial charge in [-0.1, -0.05) is 43.7 Å². The minimum absolute atomic E-state index is 0.0502. The highest BCUT2D eigenvalue weighted by Crippen LogP contribution is 2.29. The maximum absolute atomic E-state index is 12.6. The van der Waals surface area contributed by atoms with Crippen LogP contribution in [0.3, 0.4) is 0 Å². The molecule has 0 radical (unpaired) electrons. The number of carbonyl (C=O) groups is 1. The standard InChI is InChI=1S/C17H20ClNO2/c1-2-3-11-19(12-10-18)17(21)15-9-8-13-6-4-5-7-14(13)16(15)20/h4-9,20H,2-3,10-12H2,1H3. The van der Waals surface area contributed by atoms with E-state index in [-0.39, 0.29) is 11.7 Å². The number of phenolic OH excluding ortho intramolecular Hbond substituents is 1. The van der Waals surface area contributed by atoms with Gasteiger partial charge in [0.25, 0.3) is 5.91 Å². The van der Waals surface area contributed by atoms with Crippen LogP contribution in [0, 0.1) is 0 Å². The third-order valence-electron chi connectivity index (χ3n) is 3.55. The second-order valence-electron chi connectivity index (χ2n) is 5.02. The van der Waals surface area contributed by atoms with Gasteiger partial charge in [0.05, 0.1) is 5.56 Å². The minimum Gasteiger partial charge on any atom is -0.506 e. The molecule has 0 saturated heterocycles. The number of unbranched alkanes of at least 4 members (excludes halogenated alkanes) is 1. The van der Waals surface area contributed by atoms with Gasteiger partial charge in [-0.3, -0.25) is 4.79 Å². The summed E-state index contributed by atoms with van der Waals surface area (Å²) in [6.07, 6.45) is 1.94. The fourth-order valence-electron chi connectivity index (χ4n) is 2.36. The molecule has 0 fully saturated rings. The van der Waals surface area contributed by atoms with Crippen molar-refractivity contribution in [3.63, 3.8) is 0 Å². The molecule has 0 unspecified atom stereocenters. The first-order valence-corrected chi connectivity index (χ1v) is 7.78. The van der Waals surface area contributed by atoms with Crippen LogP contribution in [0.1, 0.15) is 30.1 Å². The molecule has 0 aliphatic heterocycles. The normalized spacial score (nSPS) is 10.8. The number of benzene rings is 2. The quantitative estimate of drug-likeness (QED) is 0.819. The lowest BCUT2D eigenvalue weighted by Gasteiger charge is -2.22. The molecular formula is C17H20ClNO2. The van der Waals surface area contributed by atoms with E-state index in [1.807, 2.05) is 30.3 Å². The van der Waals surface area contributed by atoms with Crippen LogP contribution in [-0.2, 0) is 0 Å². The summed E-state index contributed by atoms with van der Waals surface area (Å²) in [5.41, 5.74) is 0.343. The van der Waals surface area contributed by atoms with E-state index in [1.54, 1.807) is 11.0 Å². The molecule has 0 heterocycles. The largest absolute Gasteiger partial charge is 0.506 e. The van der Waals surface area contributed by atoms with Gasteiger partial charge in [0.15, 0.2) is 0 Å². The Morgan fingerprint density at radius 3 is 2.67 bits per heavy atom. The van der Waals surface area contributed by atoms with Gasteiger partial charge in [-0.2, -0.15) is 0 Å². The topological polar surface area (TPSA) is 40.5 Å². The first-order chi connectivity index (χ1) is 10.2. The summed E-state index contributed by atoms with van der Waals surface area (Å²) < 4.78 is 0. The Balaban J connectivity index is 2.34. The van der Waals surface area contributed by atoms with Crippen molar-refractivity contribution >= 4 is 28.3 Å². The van der Waals surface area contributed by atoms with Crippen molar-refractivity contribution in [3.05, 3.63) is 42.0 Å². The van der Waals surface area contributed by atoms with Crippen LogP contribution in [-0.4, -0.2) is 34.9 Å². The predicted octanol–water partition coefficient (Wildman–Crippen LogP) is 4.03. The summed E-state index contributed by atoms with van der Waals surface area (Å²) in [6, 6.07) is 11.0. The third-order valence-corrected chi connectivity index (χ3v) is 3.72. The zero-order valence-corrected chi connectivity index (χ0v) is 12.9. The van der Waals surface area contributed by atoms with E-state index in [4.69, 9.17) is 11.6 Å². The second kappa shape index (κ2) is 7.32. The summed E-state index contributed by atoms with van der Waals surface area (Å²) in [5, 5.41) is 12.0. The minimum atomic E-state index is -0.160. The number of phenols is 1. The molecule has 2 aromatic rings. The van der Waals surface area contributed by atoms with Gasteiger partial charge >= 0.3 is 0 Å². The number of fused-ring (bicyclic) bond motifs is 1. The molecule has 0 bridgehead atoms. The highest BCUT2D eigenvalue weighted by molar-refractivity contribution is 6.18. The van der Waals surface area contributed by atoms with E-state index in [0.717, 1.165) is 18.2 Å². The molecule has 0 aromatic heterocycles. The molecule has 0 atom stereocenters. The Hall–Kier alpha value is -1.74. The van der Waals surface area contributed by atoms with Gasteiger partial charge < -0.3 is 10.0 Å². The van der Waals surface area contributed by atoms with Crippen molar-refractivity contribution in [2.45, 2.75) is 19.8 Å². The van der Waals surface area contributed by atoms with Gasteiger partial charge in [-0.15, -0.1) is 11.6 Å². The van der Waals surface area contributed by atoms with Gasteiger partial charge in [0.2, 0.25) is 0 Å². The Morgan fingerprint density at radius 1 is 1.19 bits per heavy atom. The Labute approximate surface area is 130 Å². The first-order valence-electron chi connectivity index (χ1n) is 7.25. The zero-order chi connectivity index (χ0) is 15.2. The molecule has 2 aromatic carbocycles. The molecular weight excluding hydrogens is 286 g/mol. The van der Waals surface area contributed by atoms with Gasteiger partial charge in [-0.25, -0.2) is 0 Å². The number of nitrogens with zero attached hydrogens (tertiary/aromatic N) is 1. The number of hydrogen-bond donors (Lipinski definition) is 1. The molecule has 1 amide bonds. The molecule has 112 valence electrons. The van der Waals surface area contributed by atoms with E-state index in [9.17, 15) is 9.90 Å². The summed E-state index contributed by atoms with van der Waals surface area (Å²) in [6.45, 7) is 3.23. The molecule has 2 rings (SSSR count). The maximum atomic E-state index is 12.6. The number of alkyl halides is 1. The van der Waals surface area contributed by atoms with E-state index < -0.39 is 0 Å². The number of rotatable bonds is 6. The van der Waals surface area contributed by atoms with E-state index in [0.29, 0.717) is 29.9 Å². The smallest absolute Gasteiger partial charge is 0.257 e. The fraction of sp³-hybridized carbons (Fsp3) is 0.353. The monoisotopic (exact) mass is 305 g/mol. The Kier molecular flexibility index (Phi) is 5.45. The molecule has 4 heteroatoms. The molecule has 21 heavy (non-hydrogen) atoms. The van der Waals surface area contributed by atoms with Crippen LogP contribution in [0.5, 0.6) is 5.75 Å². The highest BCUT2D eigenvalue weighted by Gasteiger charge is 2.19. The van der Waals surface area contributed by atoms with Crippen molar-refractivity contribution in [2.24, 2.45) is 0 Å². The Morgan fingerprint density at radius 2 is 1.95 bits per heavy atom. The first kappa shape index (κ1) is 15.6. The molecule has 0 aliphatic rings. The van der Waals surface area contributed by atoms with Crippen LogP contribution >= 0.6 is 11.6 Å². The molecule has 3 nitrogen and oxygen atoms in total. The van der Waals surface area contributed by atoms with Gasteiger partial charge in [0, 0.05) is 24.4 Å². The zero-order valence-electron chi connectivity index (χ0n) is 12.2. The van der Waals surface area contributed by atoms with E-state index in [2.05, 4.69) is 6.92 Å². The summed E-state index contributed by atoms with van der Waals surface area (Å²) in [4.78, 5) is 14.3. The summed E-state index contributed by atoms with van der Waals surface area (Å²) >= 11 is 5.79. The van der Waals surface area contributed by atoms with Crippen LogP contribution in [0.4, 0.5) is 0 Å². The molecule has 1 N–H and O–H groups in total. The van der Waals surface area contributed by atoms with Gasteiger partial charge in [-0.05, 0) is 17.9 Å². The van der Waals surface area contributed by atoms with Crippen molar-refractivity contribution in [2.75, 3.05) is 19.0 Å². The lowest BCUT2D eigenvalue weighted by molar-refractivity contribution is 0.0760. The average molecular weight is 306 g/mol. The highest BCUT2D eigenvalue weighted by atomic mass is 35.5. The van der Waals surface area contributed by atoms with Crippen LogP contribution < -0.4 is 0 Å². The lowest BCUT2D eigenvalue weighted by atomic mass is 10.0. The molecule has 0 aliphatic carbocycles. The van der Waals surface area contributed by atoms with E-state index >= 15 is 0 Å². The third kappa shape index (κ3) is 3.48. The van der Waals surface area contributed by atoms with Gasteiger partial charge in [0.1, 0.15) is 5.75 Å². The average Bonchev–Trinajstić information content (AvgIpc) is 2.51. The number of carbonyl (C=O) groups excluding carboxylic acids is 1. The van der Waals surface area contributed by atoms with Crippen molar-refractivity contribution in [1.29, 1.82) is 0 Å². The number of hydrogen-bond acceptors (Lipinski definition) is 2. The summed E-state index contributed by atoms with van der Waals surface area (Å²) in [7, 11) is 0. The number of amides is 1. The van der Waals surface area contributed by atoms with Crippen molar-refractivity contribution in [1.82, 2.24) is 4.90 Å². The predicted molar refractivity (Wildman–Crippen MR) is 87.1 cm³/mol. The van der Waals surface area contributed by atoms with Crippen LogP contribution in [0.2, 0.25) is 0 Å². The van der Waals surface area contributed by atoms with E-state index in [1.165, 1.54) is 0 Å².